The molecule has 2 amide bonds. The molecule has 0 unspecified atom stereocenters. The van der Waals surface area contributed by atoms with Crippen LogP contribution in [0.3, 0.4) is 0 Å². The number of nitrogens with one attached hydrogen (secondary N) is 1. The molecule has 0 aliphatic carbocycles. The Balaban J connectivity index is 1.62. The lowest BCUT2D eigenvalue weighted by Crippen LogP contribution is -2.36. The molecule has 1 N–H and O–H groups in total. The zero-order valence-corrected chi connectivity index (χ0v) is 15.1. The van der Waals surface area contributed by atoms with E-state index in [0.717, 1.165) is 22.2 Å². The van der Waals surface area contributed by atoms with Gasteiger partial charge >= 0.3 is 0 Å². The molecule has 0 saturated carbocycles. The van der Waals surface area contributed by atoms with Crippen LogP contribution >= 0.6 is 0 Å². The molecule has 0 fully saturated rings. The van der Waals surface area contributed by atoms with Crippen LogP contribution in [-0.4, -0.2) is 35.5 Å². The second-order valence-corrected chi connectivity index (χ2v) is 6.42. The zero-order valence-electron chi connectivity index (χ0n) is 15.1. The smallest absolute Gasteiger partial charge is 0.243 e. The van der Waals surface area contributed by atoms with Gasteiger partial charge in [0.1, 0.15) is 5.69 Å². The molecule has 0 spiro atoms. The number of anilines is 1. The number of carbonyl (C=O) groups excluding carboxylic acids is 2. The fraction of sp³-hybridized carbons (Fsp3) is 0.250. The van der Waals surface area contributed by atoms with Crippen LogP contribution in [-0.2, 0) is 16.0 Å². The largest absolute Gasteiger partial charge is 0.356 e. The number of carbonyl (C=O) groups is 2. The van der Waals surface area contributed by atoms with Crippen LogP contribution in [0.2, 0.25) is 0 Å². The number of aromatic nitrogens is 1. The number of amides is 2. The average molecular weight is 351 g/mol. The van der Waals surface area contributed by atoms with Crippen molar-refractivity contribution in [2.45, 2.75) is 20.3 Å². The lowest BCUT2D eigenvalue weighted by molar-refractivity contribution is -0.132. The predicted molar refractivity (Wildman–Crippen MR) is 99.9 cm³/mol. The molecule has 0 atom stereocenters. The maximum absolute atomic E-state index is 12.4. The molecule has 0 aliphatic heterocycles. The first-order valence-electron chi connectivity index (χ1n) is 8.38. The Kier molecular flexibility index (Phi) is 5.02. The molecule has 1 heterocycles. The summed E-state index contributed by atoms with van der Waals surface area (Å²) in [7, 11) is 1.60. The molecule has 6 nitrogen and oxygen atoms in total. The van der Waals surface area contributed by atoms with Crippen LogP contribution in [0, 0.1) is 13.8 Å². The van der Waals surface area contributed by atoms with Gasteiger partial charge in [0.15, 0.2) is 5.58 Å². The standard InChI is InChI=1S/C20H21N3O3/c1-13-8-9-14(2)16(10-13)21-19(24)12-23(3)20(25)11-17-15-6-4-5-7-18(15)26-22-17/h4-10H,11-12H2,1-3H3,(H,21,24). The van der Waals surface area contributed by atoms with Gasteiger partial charge in [-0.2, -0.15) is 0 Å². The first-order valence-corrected chi connectivity index (χ1v) is 8.38. The zero-order chi connectivity index (χ0) is 18.7. The summed E-state index contributed by atoms with van der Waals surface area (Å²) < 4.78 is 5.21. The van der Waals surface area contributed by atoms with Crippen molar-refractivity contribution in [3.63, 3.8) is 0 Å². The number of rotatable bonds is 5. The molecule has 0 bridgehead atoms. The van der Waals surface area contributed by atoms with Gasteiger partial charge in [0.05, 0.1) is 13.0 Å². The highest BCUT2D eigenvalue weighted by Gasteiger charge is 2.17. The summed E-state index contributed by atoms with van der Waals surface area (Å²) in [6.07, 6.45) is 0.0876. The summed E-state index contributed by atoms with van der Waals surface area (Å²) in [6, 6.07) is 13.2. The van der Waals surface area contributed by atoms with E-state index in [4.69, 9.17) is 4.52 Å². The summed E-state index contributed by atoms with van der Waals surface area (Å²) in [5, 5.41) is 7.64. The number of hydrogen-bond acceptors (Lipinski definition) is 4. The van der Waals surface area contributed by atoms with E-state index in [9.17, 15) is 9.59 Å². The van der Waals surface area contributed by atoms with Crippen LogP contribution < -0.4 is 5.32 Å². The normalized spacial score (nSPS) is 10.7. The Bertz CT molecular complexity index is 962. The molecular formula is C20H21N3O3. The van der Waals surface area contributed by atoms with E-state index in [1.165, 1.54) is 4.90 Å². The molecule has 1 aromatic heterocycles. The van der Waals surface area contributed by atoms with Crippen molar-refractivity contribution in [1.82, 2.24) is 10.1 Å². The van der Waals surface area contributed by atoms with Gasteiger partial charge in [0.2, 0.25) is 11.8 Å². The fourth-order valence-corrected chi connectivity index (χ4v) is 2.71. The number of nitrogens with zero attached hydrogens (tertiary/aromatic N) is 2. The average Bonchev–Trinajstić information content (AvgIpc) is 3.01. The van der Waals surface area contributed by atoms with E-state index in [1.54, 1.807) is 13.1 Å². The highest BCUT2D eigenvalue weighted by Crippen LogP contribution is 2.19. The van der Waals surface area contributed by atoms with Crippen molar-refractivity contribution in [2.75, 3.05) is 18.9 Å². The fourth-order valence-electron chi connectivity index (χ4n) is 2.71. The van der Waals surface area contributed by atoms with E-state index in [0.29, 0.717) is 11.3 Å². The Morgan fingerprint density at radius 2 is 1.92 bits per heavy atom. The van der Waals surface area contributed by atoms with E-state index >= 15 is 0 Å². The minimum Gasteiger partial charge on any atom is -0.356 e. The molecule has 3 aromatic rings. The van der Waals surface area contributed by atoms with Crippen molar-refractivity contribution in [3.05, 3.63) is 59.3 Å². The first-order chi connectivity index (χ1) is 12.4. The van der Waals surface area contributed by atoms with Crippen LogP contribution in [0.15, 0.2) is 47.0 Å². The minimum atomic E-state index is -0.237. The summed E-state index contributed by atoms with van der Waals surface area (Å²) in [5.74, 6) is -0.431. The predicted octanol–water partition coefficient (Wildman–Crippen LogP) is 3.08. The van der Waals surface area contributed by atoms with Gasteiger partial charge < -0.3 is 14.7 Å². The van der Waals surface area contributed by atoms with Crippen LogP contribution in [0.1, 0.15) is 16.8 Å². The second-order valence-electron chi connectivity index (χ2n) is 6.42. The van der Waals surface area contributed by atoms with Crippen molar-refractivity contribution in [3.8, 4) is 0 Å². The van der Waals surface area contributed by atoms with E-state index in [2.05, 4.69) is 10.5 Å². The molecule has 26 heavy (non-hydrogen) atoms. The van der Waals surface area contributed by atoms with Gasteiger partial charge in [-0.25, -0.2) is 0 Å². The molecule has 6 heteroatoms. The van der Waals surface area contributed by atoms with Gasteiger partial charge in [-0.3, -0.25) is 9.59 Å². The van der Waals surface area contributed by atoms with Crippen LogP contribution in [0.25, 0.3) is 11.0 Å². The third-order valence-corrected chi connectivity index (χ3v) is 4.24. The Morgan fingerprint density at radius 1 is 1.15 bits per heavy atom. The highest BCUT2D eigenvalue weighted by molar-refractivity contribution is 5.95. The molecular weight excluding hydrogens is 330 g/mol. The first kappa shape index (κ1) is 17.7. The van der Waals surface area contributed by atoms with E-state index < -0.39 is 0 Å². The van der Waals surface area contributed by atoms with Crippen LogP contribution in [0.5, 0.6) is 0 Å². The number of aryl methyl sites for hydroxylation is 2. The summed E-state index contributed by atoms with van der Waals surface area (Å²) in [5.41, 5.74) is 4.02. The van der Waals surface area contributed by atoms with Gasteiger partial charge in [0, 0.05) is 18.1 Å². The molecule has 0 saturated heterocycles. The van der Waals surface area contributed by atoms with Crippen LogP contribution in [0.4, 0.5) is 5.69 Å². The van der Waals surface area contributed by atoms with E-state index in [-0.39, 0.29) is 24.8 Å². The quantitative estimate of drug-likeness (QED) is 0.766. The molecule has 3 rings (SSSR count). The third-order valence-electron chi connectivity index (χ3n) is 4.24. The van der Waals surface area contributed by atoms with Crippen molar-refractivity contribution >= 4 is 28.5 Å². The van der Waals surface area contributed by atoms with Crippen molar-refractivity contribution in [2.24, 2.45) is 0 Å². The van der Waals surface area contributed by atoms with Crippen molar-refractivity contribution in [1.29, 1.82) is 0 Å². The summed E-state index contributed by atoms with van der Waals surface area (Å²) in [6.45, 7) is 3.87. The molecule has 134 valence electrons. The molecule has 0 radical (unpaired) electrons. The summed E-state index contributed by atoms with van der Waals surface area (Å²) in [4.78, 5) is 26.1. The number of benzene rings is 2. The van der Waals surface area contributed by atoms with Gasteiger partial charge in [-0.05, 0) is 43.2 Å². The van der Waals surface area contributed by atoms with E-state index in [1.807, 2.05) is 50.2 Å². The number of likely N-dealkylation sites (N-methyl/N-ethyl adjacent to an activating group) is 1. The maximum atomic E-state index is 12.4. The summed E-state index contributed by atoms with van der Waals surface area (Å²) >= 11 is 0. The minimum absolute atomic E-state index is 0.0258. The second kappa shape index (κ2) is 7.39. The highest BCUT2D eigenvalue weighted by atomic mass is 16.5. The topological polar surface area (TPSA) is 75.4 Å². The lowest BCUT2D eigenvalue weighted by atomic mass is 10.1. The number of hydrogen-bond donors (Lipinski definition) is 1. The molecule has 0 aliphatic rings. The van der Waals surface area contributed by atoms with Crippen molar-refractivity contribution < 1.29 is 14.1 Å². The number of fused-ring (bicyclic) bond motifs is 1. The Labute approximate surface area is 151 Å². The molecule has 2 aromatic carbocycles. The third kappa shape index (κ3) is 3.91. The monoisotopic (exact) mass is 351 g/mol. The SMILES string of the molecule is Cc1ccc(C)c(NC(=O)CN(C)C(=O)Cc2noc3ccccc23)c1. The van der Waals surface area contributed by atoms with Gasteiger partial charge in [-0.1, -0.05) is 29.4 Å². The van der Waals surface area contributed by atoms with Gasteiger partial charge in [-0.15, -0.1) is 0 Å². The Hall–Kier alpha value is -3.15. The van der Waals surface area contributed by atoms with Gasteiger partial charge in [0.25, 0.3) is 0 Å². The maximum Gasteiger partial charge on any atom is 0.243 e. The number of para-hydroxylation sites is 1. The lowest BCUT2D eigenvalue weighted by Gasteiger charge is -2.17. The Morgan fingerprint density at radius 3 is 2.73 bits per heavy atom.